The van der Waals surface area contributed by atoms with E-state index in [1.54, 1.807) is 13.1 Å². The predicted molar refractivity (Wildman–Crippen MR) is 87.6 cm³/mol. The zero-order valence-corrected chi connectivity index (χ0v) is 13.5. The van der Waals surface area contributed by atoms with Gasteiger partial charge in [0, 0.05) is 33.8 Å². The van der Waals surface area contributed by atoms with Crippen LogP contribution < -0.4 is 5.32 Å². The molecule has 0 radical (unpaired) electrons. The van der Waals surface area contributed by atoms with Crippen molar-refractivity contribution >= 4 is 5.96 Å². The first-order valence-corrected chi connectivity index (χ1v) is 7.93. The Morgan fingerprint density at radius 3 is 2.86 bits per heavy atom. The lowest BCUT2D eigenvalue weighted by Gasteiger charge is -2.22. The zero-order chi connectivity index (χ0) is 15.8. The molecular formula is C17H26FN3O. The highest BCUT2D eigenvalue weighted by Gasteiger charge is 2.21. The molecular weight excluding hydrogens is 281 g/mol. The monoisotopic (exact) mass is 307 g/mol. The molecule has 2 rings (SSSR count). The van der Waals surface area contributed by atoms with Crippen molar-refractivity contribution in [3.63, 3.8) is 0 Å². The van der Waals surface area contributed by atoms with Gasteiger partial charge in [0.2, 0.25) is 0 Å². The molecule has 0 atom stereocenters. The van der Waals surface area contributed by atoms with Gasteiger partial charge in [-0.15, -0.1) is 0 Å². The normalized spacial score (nSPS) is 15.0. The number of hydrogen-bond acceptors (Lipinski definition) is 2. The number of likely N-dealkylation sites (N-methyl/N-ethyl adjacent to an activating group) is 1. The summed E-state index contributed by atoms with van der Waals surface area (Å²) in [5.74, 6) is 1.45. The number of rotatable bonds is 8. The lowest BCUT2D eigenvalue weighted by molar-refractivity contribution is 0.115. The van der Waals surface area contributed by atoms with Crippen LogP contribution in [0.25, 0.3) is 0 Å². The fourth-order valence-electron chi connectivity index (χ4n) is 2.24. The van der Waals surface area contributed by atoms with Crippen molar-refractivity contribution in [2.24, 2.45) is 10.9 Å². The van der Waals surface area contributed by atoms with E-state index >= 15 is 0 Å². The molecule has 0 heterocycles. The van der Waals surface area contributed by atoms with Crippen LogP contribution in [0.4, 0.5) is 4.39 Å². The highest BCUT2D eigenvalue weighted by atomic mass is 19.1. The van der Waals surface area contributed by atoms with Crippen molar-refractivity contribution in [1.82, 2.24) is 10.2 Å². The number of nitrogens with zero attached hydrogens (tertiary/aromatic N) is 2. The highest BCUT2D eigenvalue weighted by Crippen LogP contribution is 2.28. The first-order chi connectivity index (χ1) is 10.7. The average molecular weight is 307 g/mol. The number of halogens is 1. The Hall–Kier alpha value is -1.62. The number of benzene rings is 1. The smallest absolute Gasteiger partial charge is 0.193 e. The molecule has 122 valence electrons. The molecule has 0 aliphatic heterocycles. The van der Waals surface area contributed by atoms with E-state index < -0.39 is 0 Å². The molecule has 1 aliphatic carbocycles. The van der Waals surface area contributed by atoms with Crippen LogP contribution >= 0.6 is 0 Å². The molecule has 1 aliphatic rings. The summed E-state index contributed by atoms with van der Waals surface area (Å²) < 4.78 is 19.2. The van der Waals surface area contributed by atoms with E-state index in [1.807, 2.05) is 24.1 Å². The molecule has 4 nitrogen and oxygen atoms in total. The van der Waals surface area contributed by atoms with Crippen molar-refractivity contribution in [3.05, 3.63) is 35.6 Å². The Morgan fingerprint density at radius 1 is 1.41 bits per heavy atom. The van der Waals surface area contributed by atoms with E-state index in [0.717, 1.165) is 30.6 Å². The fourth-order valence-corrected chi connectivity index (χ4v) is 2.24. The van der Waals surface area contributed by atoms with Gasteiger partial charge >= 0.3 is 0 Å². The summed E-state index contributed by atoms with van der Waals surface area (Å²) in [6.45, 7) is 3.04. The summed E-state index contributed by atoms with van der Waals surface area (Å²) in [5, 5.41) is 3.26. The molecule has 0 amide bonds. The van der Waals surface area contributed by atoms with Crippen LogP contribution in [-0.2, 0) is 11.2 Å². The van der Waals surface area contributed by atoms with Gasteiger partial charge in [0.25, 0.3) is 0 Å². The molecule has 1 aromatic carbocycles. The van der Waals surface area contributed by atoms with Crippen LogP contribution in [0.2, 0.25) is 0 Å². The summed E-state index contributed by atoms with van der Waals surface area (Å²) in [4.78, 5) is 6.29. The summed E-state index contributed by atoms with van der Waals surface area (Å²) in [7, 11) is 3.74. The second-order valence-corrected chi connectivity index (χ2v) is 5.76. The Bertz CT molecular complexity index is 489. The van der Waals surface area contributed by atoms with Crippen LogP contribution in [0.15, 0.2) is 29.3 Å². The molecule has 1 aromatic rings. The second-order valence-electron chi connectivity index (χ2n) is 5.76. The van der Waals surface area contributed by atoms with Crippen molar-refractivity contribution in [2.75, 3.05) is 40.4 Å². The van der Waals surface area contributed by atoms with E-state index in [-0.39, 0.29) is 5.82 Å². The van der Waals surface area contributed by atoms with Gasteiger partial charge in [0.05, 0.1) is 6.61 Å². The average Bonchev–Trinajstić information content (AvgIpc) is 3.34. The predicted octanol–water partition coefficient (Wildman–Crippen LogP) is 2.30. The SMILES string of the molecule is CN=C(NCCc1ccccc1F)N(C)CCOCC1CC1. The van der Waals surface area contributed by atoms with E-state index in [2.05, 4.69) is 10.3 Å². The molecule has 0 bridgehead atoms. The lowest BCUT2D eigenvalue weighted by Crippen LogP contribution is -2.41. The standard InChI is InChI=1S/C17H26FN3O/c1-19-17(21(2)11-12-22-13-14-7-8-14)20-10-9-15-5-3-4-6-16(15)18/h3-6,14H,7-13H2,1-2H3,(H,19,20). The lowest BCUT2D eigenvalue weighted by atomic mass is 10.1. The Morgan fingerprint density at radius 2 is 2.18 bits per heavy atom. The molecule has 1 N–H and O–H groups in total. The number of guanidine groups is 1. The highest BCUT2D eigenvalue weighted by molar-refractivity contribution is 5.79. The molecule has 1 fully saturated rings. The van der Waals surface area contributed by atoms with Crippen LogP contribution in [0.5, 0.6) is 0 Å². The van der Waals surface area contributed by atoms with Crippen molar-refractivity contribution < 1.29 is 9.13 Å². The van der Waals surface area contributed by atoms with Gasteiger partial charge in [0.1, 0.15) is 5.82 Å². The molecule has 0 saturated heterocycles. The minimum atomic E-state index is -0.152. The van der Waals surface area contributed by atoms with E-state index in [0.29, 0.717) is 19.6 Å². The van der Waals surface area contributed by atoms with Gasteiger partial charge in [-0.2, -0.15) is 0 Å². The quantitative estimate of drug-likeness (QED) is 0.455. The topological polar surface area (TPSA) is 36.9 Å². The van der Waals surface area contributed by atoms with Crippen LogP contribution in [-0.4, -0.2) is 51.3 Å². The summed E-state index contributed by atoms with van der Waals surface area (Å²) in [6, 6.07) is 6.87. The van der Waals surface area contributed by atoms with Gasteiger partial charge in [-0.05, 0) is 36.8 Å². The summed E-state index contributed by atoms with van der Waals surface area (Å²) >= 11 is 0. The zero-order valence-electron chi connectivity index (χ0n) is 13.5. The molecule has 5 heteroatoms. The second kappa shape index (κ2) is 8.73. The van der Waals surface area contributed by atoms with Crippen LogP contribution in [0.1, 0.15) is 18.4 Å². The number of aliphatic imine (C=N–C) groups is 1. The van der Waals surface area contributed by atoms with Crippen molar-refractivity contribution in [3.8, 4) is 0 Å². The van der Waals surface area contributed by atoms with Gasteiger partial charge < -0.3 is 15.0 Å². The maximum atomic E-state index is 13.5. The van der Waals surface area contributed by atoms with E-state index in [9.17, 15) is 4.39 Å². The first-order valence-electron chi connectivity index (χ1n) is 7.93. The third-order valence-corrected chi connectivity index (χ3v) is 3.83. The maximum Gasteiger partial charge on any atom is 0.193 e. The van der Waals surface area contributed by atoms with Crippen molar-refractivity contribution in [2.45, 2.75) is 19.3 Å². The molecule has 1 saturated carbocycles. The van der Waals surface area contributed by atoms with E-state index in [4.69, 9.17) is 4.74 Å². The Labute approximate surface area is 132 Å². The largest absolute Gasteiger partial charge is 0.379 e. The summed E-state index contributed by atoms with van der Waals surface area (Å²) in [5.41, 5.74) is 0.723. The van der Waals surface area contributed by atoms with Crippen LogP contribution in [0, 0.1) is 11.7 Å². The van der Waals surface area contributed by atoms with Crippen LogP contribution in [0.3, 0.4) is 0 Å². The number of nitrogens with one attached hydrogen (secondary N) is 1. The Kier molecular flexibility index (Phi) is 6.65. The maximum absolute atomic E-state index is 13.5. The fraction of sp³-hybridized carbons (Fsp3) is 0.588. The third kappa shape index (κ3) is 5.64. The van der Waals surface area contributed by atoms with Gasteiger partial charge in [-0.1, -0.05) is 18.2 Å². The van der Waals surface area contributed by atoms with E-state index in [1.165, 1.54) is 18.9 Å². The molecule has 22 heavy (non-hydrogen) atoms. The molecule has 0 aromatic heterocycles. The first kappa shape index (κ1) is 16.7. The molecule has 0 unspecified atom stereocenters. The number of hydrogen-bond donors (Lipinski definition) is 1. The third-order valence-electron chi connectivity index (χ3n) is 3.83. The number of ether oxygens (including phenoxy) is 1. The minimum absolute atomic E-state index is 0.152. The van der Waals surface area contributed by atoms with Gasteiger partial charge in [0.15, 0.2) is 5.96 Å². The minimum Gasteiger partial charge on any atom is -0.379 e. The molecule has 0 spiro atoms. The Balaban J connectivity index is 1.66. The van der Waals surface area contributed by atoms with Crippen molar-refractivity contribution in [1.29, 1.82) is 0 Å². The summed E-state index contributed by atoms with van der Waals surface area (Å²) in [6.07, 6.45) is 3.27. The van der Waals surface area contributed by atoms with Gasteiger partial charge in [-0.3, -0.25) is 4.99 Å². The van der Waals surface area contributed by atoms with Gasteiger partial charge in [-0.25, -0.2) is 4.39 Å².